The van der Waals surface area contributed by atoms with Crippen molar-refractivity contribution in [3.05, 3.63) is 35.7 Å². The van der Waals surface area contributed by atoms with Gasteiger partial charge in [0.05, 0.1) is 34.4 Å². The number of furan rings is 1. The first-order valence-corrected chi connectivity index (χ1v) is 9.57. The van der Waals surface area contributed by atoms with Crippen molar-refractivity contribution in [1.29, 1.82) is 0 Å². The van der Waals surface area contributed by atoms with Crippen LogP contribution in [-0.4, -0.2) is 42.0 Å². The summed E-state index contributed by atoms with van der Waals surface area (Å²) in [5, 5.41) is 7.17. The minimum Gasteiger partial charge on any atom is -0.463 e. The molecule has 1 aliphatic rings. The number of pyridine rings is 1. The van der Waals surface area contributed by atoms with Gasteiger partial charge in [0.1, 0.15) is 5.69 Å². The van der Waals surface area contributed by atoms with Gasteiger partial charge in [0, 0.05) is 6.04 Å². The third kappa shape index (κ3) is 2.91. The molecule has 1 amide bonds. The summed E-state index contributed by atoms with van der Waals surface area (Å²) in [6.07, 6.45) is 1.92. The molecule has 3 aromatic rings. The average molecular weight is 361 g/mol. The summed E-state index contributed by atoms with van der Waals surface area (Å²) >= 11 is 0. The van der Waals surface area contributed by atoms with E-state index in [0.29, 0.717) is 34.5 Å². The van der Waals surface area contributed by atoms with Gasteiger partial charge >= 0.3 is 0 Å². The molecule has 1 atom stereocenters. The summed E-state index contributed by atoms with van der Waals surface area (Å²) in [6.45, 7) is 1.72. The van der Waals surface area contributed by atoms with E-state index in [1.807, 2.05) is 0 Å². The first-order valence-electron chi connectivity index (χ1n) is 7.75. The first-order chi connectivity index (χ1) is 11.9. The quantitative estimate of drug-likeness (QED) is 0.755. The van der Waals surface area contributed by atoms with E-state index in [4.69, 9.17) is 8.94 Å². The molecule has 1 unspecified atom stereocenters. The highest BCUT2D eigenvalue weighted by atomic mass is 32.2. The lowest BCUT2D eigenvalue weighted by Crippen LogP contribution is -2.35. The van der Waals surface area contributed by atoms with E-state index in [1.54, 1.807) is 25.1 Å². The predicted molar refractivity (Wildman–Crippen MR) is 88.8 cm³/mol. The summed E-state index contributed by atoms with van der Waals surface area (Å²) in [5.74, 6) is 0.163. The maximum absolute atomic E-state index is 12.8. The Kier molecular flexibility index (Phi) is 3.60. The number of rotatable bonds is 3. The molecular formula is C16H15N3O5S. The van der Waals surface area contributed by atoms with E-state index in [9.17, 15) is 13.2 Å². The normalized spacial score (nSPS) is 19.3. The highest BCUT2D eigenvalue weighted by molar-refractivity contribution is 7.91. The summed E-state index contributed by atoms with van der Waals surface area (Å²) < 4.78 is 33.7. The van der Waals surface area contributed by atoms with E-state index >= 15 is 0 Å². The number of sulfone groups is 1. The summed E-state index contributed by atoms with van der Waals surface area (Å²) in [4.78, 5) is 17.1. The van der Waals surface area contributed by atoms with Gasteiger partial charge in [-0.25, -0.2) is 13.4 Å². The zero-order valence-corrected chi connectivity index (χ0v) is 14.2. The Morgan fingerprint density at radius 3 is 2.92 bits per heavy atom. The standard InChI is InChI=1S/C16H15N3O5S/c1-9-14-11(15(20)17-10-4-6-25(21,22)8-10)7-12(13-3-2-5-23-13)18-16(14)24-19-9/h2-3,5,7,10H,4,6,8H2,1H3,(H,17,20). The number of hydrogen-bond acceptors (Lipinski definition) is 7. The average Bonchev–Trinajstić information content (AvgIpc) is 3.28. The lowest BCUT2D eigenvalue weighted by Gasteiger charge is -2.12. The Morgan fingerprint density at radius 2 is 2.24 bits per heavy atom. The van der Waals surface area contributed by atoms with Crippen LogP contribution in [0.2, 0.25) is 0 Å². The van der Waals surface area contributed by atoms with E-state index in [0.717, 1.165) is 0 Å². The van der Waals surface area contributed by atoms with Crippen LogP contribution >= 0.6 is 0 Å². The van der Waals surface area contributed by atoms with Crippen molar-refractivity contribution < 1.29 is 22.2 Å². The van der Waals surface area contributed by atoms with Crippen LogP contribution in [0.25, 0.3) is 22.6 Å². The van der Waals surface area contributed by atoms with Crippen molar-refractivity contribution in [2.45, 2.75) is 19.4 Å². The van der Waals surface area contributed by atoms with Crippen molar-refractivity contribution >= 4 is 26.8 Å². The van der Waals surface area contributed by atoms with Crippen LogP contribution in [0.5, 0.6) is 0 Å². The predicted octanol–water partition coefficient (Wildman–Crippen LogP) is 1.71. The Hall–Kier alpha value is -2.68. The van der Waals surface area contributed by atoms with Crippen LogP contribution in [0.15, 0.2) is 33.4 Å². The van der Waals surface area contributed by atoms with Gasteiger partial charge in [-0.15, -0.1) is 0 Å². The van der Waals surface area contributed by atoms with Crippen molar-refractivity contribution in [2.24, 2.45) is 0 Å². The molecule has 1 saturated heterocycles. The first kappa shape index (κ1) is 15.8. The van der Waals surface area contributed by atoms with Crippen LogP contribution in [-0.2, 0) is 9.84 Å². The molecule has 0 saturated carbocycles. The molecule has 4 rings (SSSR count). The molecule has 0 spiro atoms. The number of nitrogens with zero attached hydrogens (tertiary/aromatic N) is 2. The molecule has 1 N–H and O–H groups in total. The number of hydrogen-bond donors (Lipinski definition) is 1. The van der Waals surface area contributed by atoms with Crippen molar-refractivity contribution in [3.8, 4) is 11.5 Å². The fraction of sp³-hybridized carbons (Fsp3) is 0.312. The summed E-state index contributed by atoms with van der Waals surface area (Å²) in [7, 11) is -3.08. The molecule has 0 aromatic carbocycles. The van der Waals surface area contributed by atoms with Gasteiger partial charge in [0.15, 0.2) is 15.6 Å². The highest BCUT2D eigenvalue weighted by Gasteiger charge is 2.30. The van der Waals surface area contributed by atoms with Gasteiger partial charge in [-0.2, -0.15) is 0 Å². The molecule has 1 aliphatic heterocycles. The zero-order chi connectivity index (χ0) is 17.6. The molecule has 8 nitrogen and oxygen atoms in total. The van der Waals surface area contributed by atoms with Crippen LogP contribution in [0.3, 0.4) is 0 Å². The number of carbonyl (C=O) groups excluding carboxylic acids is 1. The van der Waals surface area contributed by atoms with Crippen LogP contribution < -0.4 is 5.32 Å². The Bertz CT molecular complexity index is 1050. The zero-order valence-electron chi connectivity index (χ0n) is 13.4. The largest absolute Gasteiger partial charge is 0.463 e. The molecule has 0 radical (unpaired) electrons. The van der Waals surface area contributed by atoms with Gasteiger partial charge < -0.3 is 14.3 Å². The molecule has 1 fully saturated rings. The Morgan fingerprint density at radius 1 is 1.40 bits per heavy atom. The third-order valence-corrected chi connectivity index (χ3v) is 5.97. The fourth-order valence-electron chi connectivity index (χ4n) is 3.00. The Labute approximate surface area is 143 Å². The lowest BCUT2D eigenvalue weighted by atomic mass is 10.1. The Balaban J connectivity index is 1.74. The van der Waals surface area contributed by atoms with E-state index in [1.165, 1.54) is 6.26 Å². The van der Waals surface area contributed by atoms with E-state index < -0.39 is 15.9 Å². The smallest absolute Gasteiger partial charge is 0.259 e. The van der Waals surface area contributed by atoms with Gasteiger partial charge in [-0.05, 0) is 31.5 Å². The van der Waals surface area contributed by atoms with Gasteiger partial charge in [0.25, 0.3) is 11.6 Å². The van der Waals surface area contributed by atoms with Crippen LogP contribution in [0.4, 0.5) is 0 Å². The van der Waals surface area contributed by atoms with Crippen molar-refractivity contribution in [1.82, 2.24) is 15.5 Å². The number of carbonyl (C=O) groups is 1. The molecule has 3 aromatic heterocycles. The van der Waals surface area contributed by atoms with Crippen molar-refractivity contribution in [3.63, 3.8) is 0 Å². The summed E-state index contributed by atoms with van der Waals surface area (Å²) in [6, 6.07) is 4.65. The van der Waals surface area contributed by atoms with Crippen LogP contribution in [0.1, 0.15) is 22.5 Å². The van der Waals surface area contributed by atoms with Gasteiger partial charge in [-0.1, -0.05) is 5.16 Å². The molecule has 130 valence electrons. The molecule has 0 bridgehead atoms. The molecule has 4 heterocycles. The maximum atomic E-state index is 12.8. The number of fused-ring (bicyclic) bond motifs is 1. The second-order valence-corrected chi connectivity index (χ2v) is 8.28. The number of nitrogens with one attached hydrogen (secondary N) is 1. The van der Waals surface area contributed by atoms with E-state index in [2.05, 4.69) is 15.5 Å². The van der Waals surface area contributed by atoms with E-state index in [-0.39, 0.29) is 23.1 Å². The number of amides is 1. The van der Waals surface area contributed by atoms with Gasteiger partial charge in [0.2, 0.25) is 0 Å². The minimum absolute atomic E-state index is 0.0410. The topological polar surface area (TPSA) is 115 Å². The molecule has 25 heavy (non-hydrogen) atoms. The molecule has 9 heteroatoms. The second kappa shape index (κ2) is 5.69. The van der Waals surface area contributed by atoms with Gasteiger partial charge in [-0.3, -0.25) is 4.79 Å². The lowest BCUT2D eigenvalue weighted by molar-refractivity contribution is 0.0942. The SMILES string of the molecule is Cc1noc2nc(-c3ccco3)cc(C(=O)NC3CCS(=O)(=O)C3)c12. The number of aryl methyl sites for hydroxylation is 1. The fourth-order valence-corrected chi connectivity index (χ4v) is 4.67. The highest BCUT2D eigenvalue weighted by Crippen LogP contribution is 2.27. The number of aromatic nitrogens is 2. The minimum atomic E-state index is -3.08. The maximum Gasteiger partial charge on any atom is 0.259 e. The monoisotopic (exact) mass is 361 g/mol. The third-order valence-electron chi connectivity index (χ3n) is 4.20. The van der Waals surface area contributed by atoms with Crippen molar-refractivity contribution in [2.75, 3.05) is 11.5 Å². The molecular weight excluding hydrogens is 346 g/mol. The second-order valence-electron chi connectivity index (χ2n) is 6.05. The molecule has 0 aliphatic carbocycles. The van der Waals surface area contributed by atoms with Crippen LogP contribution in [0, 0.1) is 6.92 Å². The summed E-state index contributed by atoms with van der Waals surface area (Å²) in [5.41, 5.74) is 1.55.